The average molecular weight is 252 g/mol. The van der Waals surface area contributed by atoms with E-state index in [0.717, 1.165) is 16.5 Å². The first-order valence-electron chi connectivity index (χ1n) is 5.04. The van der Waals surface area contributed by atoms with Gasteiger partial charge in [-0.2, -0.15) is 11.3 Å². The van der Waals surface area contributed by atoms with Gasteiger partial charge in [0.25, 0.3) is 0 Å². The Labute approximate surface area is 103 Å². The maximum Gasteiger partial charge on any atom is 0.142 e. The zero-order valence-electron chi connectivity index (χ0n) is 8.44. The predicted molar refractivity (Wildman–Crippen MR) is 67.6 cm³/mol. The largest absolute Gasteiger partial charge is 0.489 e. The molecule has 0 fully saturated rings. The highest BCUT2D eigenvalue weighted by molar-refractivity contribution is 7.08. The lowest BCUT2D eigenvalue weighted by atomic mass is 10.1. The number of nitrogens with one attached hydrogen (secondary N) is 1. The molecule has 1 aromatic carbocycles. The standard InChI is InChI=1S/C12H10ClNOS/c13-9-1-2-12-10(5-9)14-11(6-15-12)8-3-4-16-7-8/h1-5,7,11,14H,6H2/t11-/m0/s1. The first-order valence-corrected chi connectivity index (χ1v) is 6.36. The molecule has 0 unspecified atom stereocenters. The predicted octanol–water partition coefficient (Wildman–Crippen LogP) is 3.95. The van der Waals surface area contributed by atoms with Gasteiger partial charge in [0.15, 0.2) is 0 Å². The van der Waals surface area contributed by atoms with Crippen molar-refractivity contribution in [2.24, 2.45) is 0 Å². The first kappa shape index (κ1) is 10.00. The molecule has 0 aliphatic carbocycles. The van der Waals surface area contributed by atoms with Gasteiger partial charge in [0.1, 0.15) is 12.4 Å². The number of ether oxygens (including phenoxy) is 1. The molecule has 2 heterocycles. The summed E-state index contributed by atoms with van der Waals surface area (Å²) in [6, 6.07) is 7.97. The molecule has 1 aliphatic heterocycles. The molecule has 82 valence electrons. The van der Waals surface area contributed by atoms with Gasteiger partial charge in [-0.25, -0.2) is 0 Å². The first-order chi connectivity index (χ1) is 7.83. The van der Waals surface area contributed by atoms with Crippen LogP contribution in [0.4, 0.5) is 5.69 Å². The maximum atomic E-state index is 5.96. The number of anilines is 1. The Morgan fingerprint density at radius 2 is 2.31 bits per heavy atom. The fourth-order valence-corrected chi connectivity index (χ4v) is 2.68. The molecule has 0 spiro atoms. The molecule has 0 bridgehead atoms. The van der Waals surface area contributed by atoms with E-state index in [1.165, 1.54) is 5.56 Å². The Kier molecular flexibility index (Phi) is 2.50. The molecule has 4 heteroatoms. The number of benzene rings is 1. The van der Waals surface area contributed by atoms with E-state index in [1.54, 1.807) is 11.3 Å². The molecule has 16 heavy (non-hydrogen) atoms. The number of hydrogen-bond acceptors (Lipinski definition) is 3. The Morgan fingerprint density at radius 3 is 3.12 bits per heavy atom. The van der Waals surface area contributed by atoms with E-state index in [-0.39, 0.29) is 6.04 Å². The minimum absolute atomic E-state index is 0.220. The molecule has 0 saturated heterocycles. The van der Waals surface area contributed by atoms with Crippen molar-refractivity contribution >= 4 is 28.6 Å². The zero-order valence-corrected chi connectivity index (χ0v) is 10.0. The van der Waals surface area contributed by atoms with Crippen molar-refractivity contribution in [1.82, 2.24) is 0 Å². The molecule has 0 amide bonds. The third-order valence-corrected chi connectivity index (χ3v) is 3.56. The number of fused-ring (bicyclic) bond motifs is 1. The number of halogens is 1. The Bertz CT molecular complexity index is 498. The van der Waals surface area contributed by atoms with Gasteiger partial charge in [-0.1, -0.05) is 11.6 Å². The van der Waals surface area contributed by atoms with Crippen LogP contribution in [0.5, 0.6) is 5.75 Å². The van der Waals surface area contributed by atoms with E-state index in [2.05, 4.69) is 22.1 Å². The van der Waals surface area contributed by atoms with Gasteiger partial charge in [0, 0.05) is 5.02 Å². The second-order valence-electron chi connectivity index (χ2n) is 3.71. The van der Waals surface area contributed by atoms with Crippen molar-refractivity contribution in [1.29, 1.82) is 0 Å². The van der Waals surface area contributed by atoms with E-state index >= 15 is 0 Å². The third-order valence-electron chi connectivity index (χ3n) is 2.62. The minimum Gasteiger partial charge on any atom is -0.489 e. The van der Waals surface area contributed by atoms with Gasteiger partial charge in [-0.15, -0.1) is 0 Å². The quantitative estimate of drug-likeness (QED) is 0.829. The normalized spacial score (nSPS) is 18.4. The molecular formula is C12H10ClNOS. The zero-order chi connectivity index (χ0) is 11.0. The van der Waals surface area contributed by atoms with E-state index in [1.807, 2.05) is 18.2 Å². The lowest BCUT2D eigenvalue weighted by Gasteiger charge is -2.27. The van der Waals surface area contributed by atoms with Crippen molar-refractivity contribution in [2.45, 2.75) is 6.04 Å². The number of thiophene rings is 1. The Hall–Kier alpha value is -1.19. The van der Waals surface area contributed by atoms with Crippen LogP contribution in [0.3, 0.4) is 0 Å². The van der Waals surface area contributed by atoms with Crippen molar-refractivity contribution in [2.75, 3.05) is 11.9 Å². The highest BCUT2D eigenvalue weighted by Gasteiger charge is 2.20. The van der Waals surface area contributed by atoms with Gasteiger partial charge in [-0.3, -0.25) is 0 Å². The van der Waals surface area contributed by atoms with Crippen LogP contribution in [0.2, 0.25) is 5.02 Å². The van der Waals surface area contributed by atoms with Gasteiger partial charge in [0.05, 0.1) is 11.7 Å². The van der Waals surface area contributed by atoms with Crippen LogP contribution in [-0.2, 0) is 0 Å². The lowest BCUT2D eigenvalue weighted by Crippen LogP contribution is -2.23. The van der Waals surface area contributed by atoms with E-state index in [4.69, 9.17) is 16.3 Å². The topological polar surface area (TPSA) is 21.3 Å². The summed E-state index contributed by atoms with van der Waals surface area (Å²) in [5.41, 5.74) is 2.23. The van der Waals surface area contributed by atoms with Crippen LogP contribution in [-0.4, -0.2) is 6.61 Å². The summed E-state index contributed by atoms with van der Waals surface area (Å²) >= 11 is 7.65. The number of rotatable bonds is 1. The summed E-state index contributed by atoms with van der Waals surface area (Å²) in [6.45, 7) is 0.658. The highest BCUT2D eigenvalue weighted by atomic mass is 35.5. The van der Waals surface area contributed by atoms with Gasteiger partial charge in [-0.05, 0) is 40.6 Å². The van der Waals surface area contributed by atoms with Crippen LogP contribution in [0.1, 0.15) is 11.6 Å². The van der Waals surface area contributed by atoms with Crippen LogP contribution in [0.15, 0.2) is 35.0 Å². The molecule has 1 N–H and O–H groups in total. The summed E-state index contributed by atoms with van der Waals surface area (Å²) in [7, 11) is 0. The molecular weight excluding hydrogens is 242 g/mol. The molecule has 1 aromatic heterocycles. The van der Waals surface area contributed by atoms with Crippen LogP contribution in [0.25, 0.3) is 0 Å². The summed E-state index contributed by atoms with van der Waals surface area (Å²) in [6.07, 6.45) is 0. The minimum atomic E-state index is 0.220. The van der Waals surface area contributed by atoms with Crippen LogP contribution in [0, 0.1) is 0 Å². The number of hydrogen-bond donors (Lipinski definition) is 1. The highest BCUT2D eigenvalue weighted by Crippen LogP contribution is 2.35. The third kappa shape index (κ3) is 1.77. The SMILES string of the molecule is Clc1ccc2c(c1)N[C@H](c1ccsc1)CO2. The maximum absolute atomic E-state index is 5.96. The van der Waals surface area contributed by atoms with Gasteiger partial charge >= 0.3 is 0 Å². The molecule has 1 aliphatic rings. The fourth-order valence-electron chi connectivity index (χ4n) is 1.80. The van der Waals surface area contributed by atoms with Gasteiger partial charge < -0.3 is 10.1 Å². The van der Waals surface area contributed by atoms with Crippen molar-refractivity contribution in [3.8, 4) is 5.75 Å². The van der Waals surface area contributed by atoms with E-state index in [0.29, 0.717) is 6.61 Å². The molecule has 2 nitrogen and oxygen atoms in total. The Balaban J connectivity index is 1.91. The molecule has 1 atom stereocenters. The molecule has 3 rings (SSSR count). The van der Waals surface area contributed by atoms with Crippen molar-refractivity contribution < 1.29 is 4.74 Å². The van der Waals surface area contributed by atoms with Crippen LogP contribution >= 0.6 is 22.9 Å². The molecule has 0 saturated carbocycles. The molecule has 0 radical (unpaired) electrons. The van der Waals surface area contributed by atoms with Gasteiger partial charge in [0.2, 0.25) is 0 Å². The summed E-state index contributed by atoms with van der Waals surface area (Å²) in [5.74, 6) is 0.871. The molecule has 2 aromatic rings. The Morgan fingerprint density at radius 1 is 1.38 bits per heavy atom. The smallest absolute Gasteiger partial charge is 0.142 e. The second-order valence-corrected chi connectivity index (χ2v) is 4.92. The van der Waals surface area contributed by atoms with Crippen LogP contribution < -0.4 is 10.1 Å². The fraction of sp³-hybridized carbons (Fsp3) is 0.167. The lowest BCUT2D eigenvalue weighted by molar-refractivity contribution is 0.287. The monoisotopic (exact) mass is 251 g/mol. The summed E-state index contributed by atoms with van der Waals surface area (Å²) in [5, 5.41) is 8.37. The second kappa shape index (κ2) is 4.00. The van der Waals surface area contributed by atoms with E-state index < -0.39 is 0 Å². The van der Waals surface area contributed by atoms with E-state index in [9.17, 15) is 0 Å². The average Bonchev–Trinajstić information content (AvgIpc) is 2.81. The summed E-state index contributed by atoms with van der Waals surface area (Å²) < 4.78 is 5.70. The van der Waals surface area contributed by atoms with Crippen molar-refractivity contribution in [3.05, 3.63) is 45.6 Å². The summed E-state index contributed by atoms with van der Waals surface area (Å²) in [4.78, 5) is 0. The van der Waals surface area contributed by atoms with Crippen molar-refractivity contribution in [3.63, 3.8) is 0 Å².